The van der Waals surface area contributed by atoms with Gasteiger partial charge in [-0.3, -0.25) is 4.79 Å². The number of hydrogen-bond donors (Lipinski definition) is 0. The van der Waals surface area contributed by atoms with Crippen LogP contribution in [0.15, 0.2) is 0 Å². The van der Waals surface area contributed by atoms with E-state index in [1.807, 2.05) is 0 Å². The minimum atomic E-state index is -0.399. The number of hydrogen-bond acceptors (Lipinski definition) is 1. The van der Waals surface area contributed by atoms with E-state index in [0.29, 0.717) is 18.1 Å². The predicted octanol–water partition coefficient (Wildman–Crippen LogP) is 3.51. The molecule has 0 amide bonds. The summed E-state index contributed by atoms with van der Waals surface area (Å²) in [7, 11) is 0. The van der Waals surface area contributed by atoms with Crippen LogP contribution in [0.25, 0.3) is 0 Å². The molecule has 1 nitrogen and oxygen atoms in total. The van der Waals surface area contributed by atoms with E-state index in [0.717, 1.165) is 25.7 Å². The molecule has 3 aliphatic carbocycles. The van der Waals surface area contributed by atoms with Crippen LogP contribution < -0.4 is 0 Å². The molecule has 4 atom stereocenters. The lowest BCUT2D eigenvalue weighted by Crippen LogP contribution is -2.68. The highest BCUT2D eigenvalue weighted by atomic mass is 35.5. The molecule has 0 aromatic heterocycles. The Morgan fingerprint density at radius 1 is 1.07 bits per heavy atom. The zero-order valence-corrected chi connectivity index (χ0v) is 10.3. The molecule has 3 heteroatoms. The SMILES string of the molecule is O=C1CC[C@@H]2[C@H]1[C@@]1(Cl)CCCCC[C@@]21Cl. The summed E-state index contributed by atoms with van der Waals surface area (Å²) >= 11 is 13.4. The van der Waals surface area contributed by atoms with Gasteiger partial charge in [0.25, 0.3) is 0 Å². The van der Waals surface area contributed by atoms with Crippen molar-refractivity contribution in [3.8, 4) is 0 Å². The minimum Gasteiger partial charge on any atom is -0.299 e. The van der Waals surface area contributed by atoms with E-state index in [1.54, 1.807) is 0 Å². The quantitative estimate of drug-likeness (QED) is 0.598. The van der Waals surface area contributed by atoms with Crippen LogP contribution in [0.2, 0.25) is 0 Å². The summed E-state index contributed by atoms with van der Waals surface area (Å²) < 4.78 is 0. The van der Waals surface area contributed by atoms with Crippen LogP contribution in [0.1, 0.15) is 44.9 Å². The molecule has 3 rings (SSSR count). The Labute approximate surface area is 101 Å². The Bertz CT molecular complexity index is 317. The summed E-state index contributed by atoms with van der Waals surface area (Å²) in [6, 6.07) is 0. The largest absolute Gasteiger partial charge is 0.299 e. The third-order valence-electron chi connectivity index (χ3n) is 4.80. The molecule has 0 heterocycles. The maximum atomic E-state index is 11.8. The third-order valence-corrected chi connectivity index (χ3v) is 6.47. The van der Waals surface area contributed by atoms with Gasteiger partial charge in [-0.2, -0.15) is 0 Å². The molecular weight excluding hydrogens is 231 g/mol. The van der Waals surface area contributed by atoms with E-state index in [-0.39, 0.29) is 10.8 Å². The molecule has 0 unspecified atom stereocenters. The standard InChI is InChI=1S/C12H16Cl2O/c13-11-6-2-1-3-7-12(11,14)10-8(11)4-5-9(10)15/h8,10H,1-7H2/t8-,10-,11-,12+/m1/s1. The Kier molecular flexibility index (Phi) is 2.17. The fraction of sp³-hybridized carbons (Fsp3) is 0.917. The van der Waals surface area contributed by atoms with Crippen molar-refractivity contribution in [2.45, 2.75) is 54.7 Å². The number of rotatable bonds is 0. The Balaban J connectivity index is 1.98. The maximum absolute atomic E-state index is 11.8. The molecule has 3 saturated carbocycles. The first-order chi connectivity index (χ1) is 7.09. The number of carbonyl (C=O) groups is 1. The van der Waals surface area contributed by atoms with Gasteiger partial charge in [0.05, 0.1) is 9.75 Å². The van der Waals surface area contributed by atoms with Crippen molar-refractivity contribution in [2.75, 3.05) is 0 Å². The summed E-state index contributed by atoms with van der Waals surface area (Å²) in [4.78, 5) is 11.1. The van der Waals surface area contributed by atoms with E-state index >= 15 is 0 Å². The van der Waals surface area contributed by atoms with Gasteiger partial charge in [0, 0.05) is 12.3 Å². The number of halogens is 2. The smallest absolute Gasteiger partial charge is 0.138 e. The van der Waals surface area contributed by atoms with Crippen molar-refractivity contribution in [2.24, 2.45) is 11.8 Å². The zero-order valence-electron chi connectivity index (χ0n) is 8.77. The van der Waals surface area contributed by atoms with Crippen molar-refractivity contribution in [3.05, 3.63) is 0 Å². The lowest BCUT2D eigenvalue weighted by molar-refractivity contribution is -0.127. The Morgan fingerprint density at radius 3 is 2.47 bits per heavy atom. The summed E-state index contributed by atoms with van der Waals surface area (Å²) in [5.41, 5.74) is 0. The van der Waals surface area contributed by atoms with Crippen molar-refractivity contribution in [1.29, 1.82) is 0 Å². The van der Waals surface area contributed by atoms with E-state index in [2.05, 4.69) is 0 Å². The van der Waals surface area contributed by atoms with Crippen molar-refractivity contribution in [3.63, 3.8) is 0 Å². The first kappa shape index (κ1) is 10.4. The van der Waals surface area contributed by atoms with Gasteiger partial charge >= 0.3 is 0 Å². The van der Waals surface area contributed by atoms with Gasteiger partial charge in [-0.05, 0) is 25.2 Å². The third kappa shape index (κ3) is 1.09. The summed E-state index contributed by atoms with van der Waals surface area (Å²) in [5.74, 6) is 0.824. The Morgan fingerprint density at radius 2 is 1.73 bits per heavy atom. The number of fused-ring (bicyclic) bond motifs is 4. The highest BCUT2D eigenvalue weighted by molar-refractivity contribution is 6.38. The van der Waals surface area contributed by atoms with Gasteiger partial charge in [-0.15, -0.1) is 23.2 Å². The molecule has 0 bridgehead atoms. The normalized spacial score (nSPS) is 54.1. The van der Waals surface area contributed by atoms with Gasteiger partial charge in [0.2, 0.25) is 0 Å². The molecule has 0 aromatic rings. The first-order valence-electron chi connectivity index (χ1n) is 6.00. The van der Waals surface area contributed by atoms with Gasteiger partial charge in [0.1, 0.15) is 5.78 Å². The summed E-state index contributed by atoms with van der Waals surface area (Å²) in [6.07, 6.45) is 7.15. The molecule has 3 fully saturated rings. The molecule has 15 heavy (non-hydrogen) atoms. The molecule has 3 aliphatic rings. The van der Waals surface area contributed by atoms with Crippen LogP contribution in [-0.4, -0.2) is 15.5 Å². The Hall–Kier alpha value is 0.250. The van der Waals surface area contributed by atoms with Crippen LogP contribution in [-0.2, 0) is 4.79 Å². The van der Waals surface area contributed by atoms with Crippen LogP contribution in [0.4, 0.5) is 0 Å². The van der Waals surface area contributed by atoms with E-state index in [9.17, 15) is 4.79 Å². The van der Waals surface area contributed by atoms with Crippen LogP contribution in [0.3, 0.4) is 0 Å². The summed E-state index contributed by atoms with van der Waals surface area (Å²) in [5, 5.41) is 0. The van der Waals surface area contributed by atoms with Gasteiger partial charge in [-0.25, -0.2) is 0 Å². The summed E-state index contributed by atoms with van der Waals surface area (Å²) in [6.45, 7) is 0. The van der Waals surface area contributed by atoms with E-state index < -0.39 is 4.87 Å². The topological polar surface area (TPSA) is 17.1 Å². The second kappa shape index (κ2) is 3.13. The van der Waals surface area contributed by atoms with Gasteiger partial charge in [0.15, 0.2) is 0 Å². The average molecular weight is 247 g/mol. The van der Waals surface area contributed by atoms with Crippen LogP contribution in [0, 0.1) is 11.8 Å². The van der Waals surface area contributed by atoms with E-state index in [1.165, 1.54) is 12.8 Å². The molecule has 0 aliphatic heterocycles. The second-order valence-corrected chi connectivity index (χ2v) is 6.72. The highest BCUT2D eigenvalue weighted by Crippen LogP contribution is 2.69. The number of ketones is 1. The molecule has 84 valence electrons. The second-order valence-electron chi connectivity index (χ2n) is 5.37. The van der Waals surface area contributed by atoms with Crippen molar-refractivity contribution >= 4 is 29.0 Å². The average Bonchev–Trinajstić information content (AvgIpc) is 2.52. The number of alkyl halides is 2. The molecule has 0 radical (unpaired) electrons. The van der Waals surface area contributed by atoms with Crippen molar-refractivity contribution < 1.29 is 4.79 Å². The minimum absolute atomic E-state index is 0.0785. The zero-order chi connectivity index (χ0) is 10.7. The fourth-order valence-electron chi connectivity index (χ4n) is 4.08. The lowest BCUT2D eigenvalue weighted by atomic mass is 9.54. The highest BCUT2D eigenvalue weighted by Gasteiger charge is 2.73. The van der Waals surface area contributed by atoms with E-state index in [4.69, 9.17) is 23.2 Å². The van der Waals surface area contributed by atoms with Crippen LogP contribution >= 0.6 is 23.2 Å². The number of Topliss-reactive ketones (excluding diaryl/α,β-unsaturated/α-hetero) is 1. The van der Waals surface area contributed by atoms with Crippen molar-refractivity contribution in [1.82, 2.24) is 0 Å². The fourth-order valence-corrected chi connectivity index (χ4v) is 5.30. The molecule has 0 spiro atoms. The molecule has 0 N–H and O–H groups in total. The predicted molar refractivity (Wildman–Crippen MR) is 61.5 cm³/mol. The maximum Gasteiger partial charge on any atom is 0.138 e. The lowest BCUT2D eigenvalue weighted by Gasteiger charge is -2.60. The van der Waals surface area contributed by atoms with Gasteiger partial charge in [-0.1, -0.05) is 19.3 Å². The van der Waals surface area contributed by atoms with Gasteiger partial charge < -0.3 is 0 Å². The van der Waals surface area contributed by atoms with Crippen LogP contribution in [0.5, 0.6) is 0 Å². The first-order valence-corrected chi connectivity index (χ1v) is 6.76. The molecule has 0 aromatic carbocycles. The monoisotopic (exact) mass is 246 g/mol. The number of carbonyl (C=O) groups excluding carboxylic acids is 1. The molecular formula is C12H16Cl2O. The molecule has 0 saturated heterocycles.